The van der Waals surface area contributed by atoms with Gasteiger partial charge in [0, 0.05) is 6.61 Å². The Morgan fingerprint density at radius 3 is 2.56 bits per heavy atom. The van der Waals surface area contributed by atoms with Crippen molar-refractivity contribution < 1.29 is 5.11 Å². The van der Waals surface area contributed by atoms with Gasteiger partial charge in [-0.1, -0.05) is 19.8 Å². The van der Waals surface area contributed by atoms with E-state index in [-0.39, 0.29) is 0 Å². The van der Waals surface area contributed by atoms with Gasteiger partial charge in [0.05, 0.1) is 0 Å². The summed E-state index contributed by atoms with van der Waals surface area (Å²) in [5.74, 6) is 2.00. The van der Waals surface area contributed by atoms with Crippen molar-refractivity contribution in [2.24, 2.45) is 11.8 Å². The van der Waals surface area contributed by atoms with E-state index >= 15 is 0 Å². The number of unbranched alkanes of at least 4 members (excludes halogenated alkanes) is 1. The molecule has 0 radical (unpaired) electrons. The zero-order chi connectivity index (χ0) is 6.69. The lowest BCUT2D eigenvalue weighted by atomic mass is 10.1. The summed E-state index contributed by atoms with van der Waals surface area (Å²) in [7, 11) is 0. The summed E-state index contributed by atoms with van der Waals surface area (Å²) in [6, 6.07) is 0. The third-order valence-corrected chi connectivity index (χ3v) is 2.26. The van der Waals surface area contributed by atoms with Crippen LogP contribution in [0.3, 0.4) is 0 Å². The van der Waals surface area contributed by atoms with Crippen molar-refractivity contribution in [2.75, 3.05) is 6.61 Å². The number of aliphatic hydroxyl groups is 1. The van der Waals surface area contributed by atoms with Gasteiger partial charge in [0.15, 0.2) is 0 Å². The lowest BCUT2D eigenvalue weighted by Gasteiger charge is -1.94. The molecule has 2 atom stereocenters. The maximum atomic E-state index is 8.47. The standard InChI is InChI=1S/C8H16O/c1-7-6-8(7)4-2-3-5-9/h7-9H,2-6H2,1H3. The van der Waals surface area contributed by atoms with E-state index in [1.54, 1.807) is 0 Å². The molecule has 1 fully saturated rings. The van der Waals surface area contributed by atoms with Gasteiger partial charge in [-0.25, -0.2) is 0 Å². The molecule has 2 unspecified atom stereocenters. The normalized spacial score (nSPS) is 32.7. The second-order valence-electron chi connectivity index (χ2n) is 3.19. The summed E-state index contributed by atoms with van der Waals surface area (Å²) in [6.07, 6.45) is 5.02. The van der Waals surface area contributed by atoms with Crippen molar-refractivity contribution in [3.05, 3.63) is 0 Å². The fraction of sp³-hybridized carbons (Fsp3) is 1.00. The molecule has 1 aliphatic carbocycles. The molecule has 0 aromatic carbocycles. The summed E-state index contributed by atoms with van der Waals surface area (Å²) in [4.78, 5) is 0. The number of rotatable bonds is 4. The smallest absolute Gasteiger partial charge is 0.0431 e. The van der Waals surface area contributed by atoms with Crippen LogP contribution in [0.15, 0.2) is 0 Å². The number of aliphatic hydroxyl groups excluding tert-OH is 1. The monoisotopic (exact) mass is 128 g/mol. The topological polar surface area (TPSA) is 20.2 Å². The van der Waals surface area contributed by atoms with Gasteiger partial charge in [0.25, 0.3) is 0 Å². The summed E-state index contributed by atoms with van der Waals surface area (Å²) in [5.41, 5.74) is 0. The first kappa shape index (κ1) is 7.07. The van der Waals surface area contributed by atoms with Crippen molar-refractivity contribution in [1.29, 1.82) is 0 Å². The Kier molecular flexibility index (Phi) is 2.52. The molecular formula is C8H16O. The van der Waals surface area contributed by atoms with Crippen molar-refractivity contribution in [3.63, 3.8) is 0 Å². The van der Waals surface area contributed by atoms with Crippen LogP contribution in [-0.4, -0.2) is 11.7 Å². The quantitative estimate of drug-likeness (QED) is 0.572. The molecule has 0 heterocycles. The van der Waals surface area contributed by atoms with Crippen molar-refractivity contribution in [3.8, 4) is 0 Å². The molecule has 0 amide bonds. The average Bonchev–Trinajstić information content (AvgIpc) is 2.48. The Bertz CT molecular complexity index is 80.6. The van der Waals surface area contributed by atoms with Gasteiger partial charge in [-0.15, -0.1) is 0 Å². The zero-order valence-electron chi connectivity index (χ0n) is 6.14. The van der Waals surface area contributed by atoms with Crippen LogP contribution in [0.1, 0.15) is 32.6 Å². The summed E-state index contributed by atoms with van der Waals surface area (Å²) >= 11 is 0. The van der Waals surface area contributed by atoms with Crippen LogP contribution in [0.5, 0.6) is 0 Å². The van der Waals surface area contributed by atoms with Crippen LogP contribution in [0, 0.1) is 11.8 Å². The summed E-state index contributed by atoms with van der Waals surface area (Å²) in [5, 5.41) is 8.47. The van der Waals surface area contributed by atoms with Gasteiger partial charge >= 0.3 is 0 Å². The molecular weight excluding hydrogens is 112 g/mol. The molecule has 0 bridgehead atoms. The summed E-state index contributed by atoms with van der Waals surface area (Å²) < 4.78 is 0. The fourth-order valence-corrected chi connectivity index (χ4v) is 1.32. The molecule has 0 spiro atoms. The van der Waals surface area contributed by atoms with Crippen molar-refractivity contribution >= 4 is 0 Å². The van der Waals surface area contributed by atoms with Crippen molar-refractivity contribution in [1.82, 2.24) is 0 Å². The van der Waals surface area contributed by atoms with Crippen LogP contribution >= 0.6 is 0 Å². The largest absolute Gasteiger partial charge is 0.396 e. The lowest BCUT2D eigenvalue weighted by Crippen LogP contribution is -1.84. The molecule has 0 aromatic heterocycles. The molecule has 1 aliphatic rings. The number of hydrogen-bond acceptors (Lipinski definition) is 1. The Labute approximate surface area is 57.1 Å². The highest BCUT2D eigenvalue weighted by atomic mass is 16.2. The molecule has 1 rings (SSSR count). The van der Waals surface area contributed by atoms with E-state index < -0.39 is 0 Å². The van der Waals surface area contributed by atoms with Crippen LogP contribution in [0.25, 0.3) is 0 Å². The summed E-state index contributed by atoms with van der Waals surface area (Å²) in [6.45, 7) is 2.69. The van der Waals surface area contributed by atoms with E-state index in [0.29, 0.717) is 6.61 Å². The van der Waals surface area contributed by atoms with Crippen LogP contribution in [0.4, 0.5) is 0 Å². The van der Waals surface area contributed by atoms with Gasteiger partial charge in [-0.05, 0) is 24.7 Å². The Hall–Kier alpha value is -0.0400. The van der Waals surface area contributed by atoms with Gasteiger partial charge < -0.3 is 5.11 Å². The van der Waals surface area contributed by atoms with Gasteiger partial charge in [-0.3, -0.25) is 0 Å². The first-order valence-electron chi connectivity index (χ1n) is 3.95. The Morgan fingerprint density at radius 1 is 1.44 bits per heavy atom. The molecule has 1 nitrogen and oxygen atoms in total. The maximum Gasteiger partial charge on any atom is 0.0431 e. The lowest BCUT2D eigenvalue weighted by molar-refractivity contribution is 0.281. The first-order valence-corrected chi connectivity index (χ1v) is 3.95. The second kappa shape index (κ2) is 3.21. The highest BCUT2D eigenvalue weighted by Gasteiger charge is 2.31. The van der Waals surface area contributed by atoms with Gasteiger partial charge in [0.1, 0.15) is 0 Å². The molecule has 54 valence electrons. The van der Waals surface area contributed by atoms with E-state index in [1.165, 1.54) is 19.3 Å². The predicted molar refractivity (Wildman–Crippen MR) is 38.2 cm³/mol. The van der Waals surface area contributed by atoms with Gasteiger partial charge in [-0.2, -0.15) is 0 Å². The fourth-order valence-electron chi connectivity index (χ4n) is 1.32. The van der Waals surface area contributed by atoms with E-state index in [4.69, 9.17) is 5.11 Å². The highest BCUT2D eigenvalue weighted by Crippen LogP contribution is 2.41. The molecule has 0 aliphatic heterocycles. The third-order valence-electron chi connectivity index (χ3n) is 2.26. The Balaban J connectivity index is 1.83. The third kappa shape index (κ3) is 2.35. The van der Waals surface area contributed by atoms with Gasteiger partial charge in [0.2, 0.25) is 0 Å². The van der Waals surface area contributed by atoms with Crippen LogP contribution in [0.2, 0.25) is 0 Å². The van der Waals surface area contributed by atoms with Crippen LogP contribution < -0.4 is 0 Å². The maximum absolute atomic E-state index is 8.47. The molecule has 0 aromatic rings. The molecule has 1 saturated carbocycles. The number of hydrogen-bond donors (Lipinski definition) is 1. The molecule has 9 heavy (non-hydrogen) atoms. The minimum atomic E-state index is 0.376. The minimum absolute atomic E-state index is 0.376. The van der Waals surface area contributed by atoms with E-state index in [2.05, 4.69) is 6.92 Å². The molecule has 0 saturated heterocycles. The average molecular weight is 128 g/mol. The second-order valence-corrected chi connectivity index (χ2v) is 3.19. The zero-order valence-corrected chi connectivity index (χ0v) is 6.14. The van der Waals surface area contributed by atoms with Crippen molar-refractivity contribution in [2.45, 2.75) is 32.6 Å². The SMILES string of the molecule is CC1CC1CCCCO. The minimum Gasteiger partial charge on any atom is -0.396 e. The molecule has 1 heteroatoms. The van der Waals surface area contributed by atoms with E-state index in [9.17, 15) is 0 Å². The van der Waals surface area contributed by atoms with E-state index in [1.807, 2.05) is 0 Å². The predicted octanol–water partition coefficient (Wildman–Crippen LogP) is 1.81. The van der Waals surface area contributed by atoms with E-state index in [0.717, 1.165) is 18.3 Å². The highest BCUT2D eigenvalue weighted by molar-refractivity contribution is 4.81. The van der Waals surface area contributed by atoms with Crippen LogP contribution in [-0.2, 0) is 0 Å². The molecule has 1 N–H and O–H groups in total. The first-order chi connectivity index (χ1) is 4.34. The Morgan fingerprint density at radius 2 is 2.11 bits per heavy atom.